The first-order valence-electron chi connectivity index (χ1n) is 13.8. The molecule has 252 valence electrons. The number of aliphatic hydroxyl groups is 7. The Hall–Kier alpha value is -3.95. The van der Waals surface area contributed by atoms with Crippen LogP contribution < -0.4 is 10.2 Å². The molecule has 0 amide bonds. The fourth-order valence-electron chi connectivity index (χ4n) is 5.28. The summed E-state index contributed by atoms with van der Waals surface area (Å²) in [6, 6.07) is 3.55. The third kappa shape index (κ3) is 5.98. The van der Waals surface area contributed by atoms with Crippen LogP contribution in [0.1, 0.15) is 6.42 Å². The second kappa shape index (κ2) is 13.0. The number of phenols is 5. The molecule has 0 unspecified atom stereocenters. The SMILES string of the molecule is O=c1c(O[C@@H]2O[C@H](CCO)[C@@H](O[C@@H]3O[C@H](CO)[C@H](O)[C@H](O)[C@H]3O)[C@H](O)[C@H]2O)c(-c2cc(O)c(O)c(O)c2)oc2cc(O)cc(O)c12. The summed E-state index contributed by atoms with van der Waals surface area (Å²) in [5.41, 5.74) is -1.76. The van der Waals surface area contributed by atoms with Crippen molar-refractivity contribution in [3.8, 4) is 45.8 Å². The van der Waals surface area contributed by atoms with Crippen molar-refractivity contribution in [1.82, 2.24) is 0 Å². The molecule has 10 atom stereocenters. The fourth-order valence-corrected chi connectivity index (χ4v) is 5.28. The van der Waals surface area contributed by atoms with E-state index in [4.69, 9.17) is 23.4 Å². The Morgan fingerprint density at radius 3 is 1.98 bits per heavy atom. The molecular weight excluding hydrogens is 624 g/mol. The highest BCUT2D eigenvalue weighted by Crippen LogP contribution is 2.43. The van der Waals surface area contributed by atoms with Crippen molar-refractivity contribution >= 4 is 11.0 Å². The second-order valence-electron chi connectivity index (χ2n) is 10.7. The first-order valence-corrected chi connectivity index (χ1v) is 13.8. The number of aliphatic hydroxyl groups excluding tert-OH is 7. The van der Waals surface area contributed by atoms with Gasteiger partial charge >= 0.3 is 0 Å². The lowest BCUT2D eigenvalue weighted by molar-refractivity contribution is -0.351. The summed E-state index contributed by atoms with van der Waals surface area (Å²) in [4.78, 5) is 13.7. The number of hydrogen-bond donors (Lipinski definition) is 12. The molecule has 0 bridgehead atoms. The van der Waals surface area contributed by atoms with Crippen molar-refractivity contribution in [2.24, 2.45) is 0 Å². The fraction of sp³-hybridized carbons (Fsp3) is 0.464. The van der Waals surface area contributed by atoms with E-state index in [2.05, 4.69) is 0 Å². The van der Waals surface area contributed by atoms with Crippen LogP contribution in [0.5, 0.6) is 34.5 Å². The van der Waals surface area contributed by atoms with Gasteiger partial charge in [0.1, 0.15) is 65.2 Å². The number of aromatic hydroxyl groups is 5. The van der Waals surface area contributed by atoms with Crippen molar-refractivity contribution in [3.05, 3.63) is 34.5 Å². The molecule has 12 N–H and O–H groups in total. The van der Waals surface area contributed by atoms with Crippen LogP contribution in [-0.4, -0.2) is 136 Å². The minimum Gasteiger partial charge on any atom is -0.508 e. The van der Waals surface area contributed by atoms with Gasteiger partial charge in [-0.2, -0.15) is 0 Å². The Kier molecular flexibility index (Phi) is 9.47. The van der Waals surface area contributed by atoms with Crippen LogP contribution in [-0.2, 0) is 14.2 Å². The van der Waals surface area contributed by atoms with E-state index in [0.717, 1.165) is 24.3 Å². The molecule has 2 aliphatic rings. The summed E-state index contributed by atoms with van der Waals surface area (Å²) in [7, 11) is 0. The van der Waals surface area contributed by atoms with Crippen molar-refractivity contribution in [1.29, 1.82) is 0 Å². The Morgan fingerprint density at radius 2 is 1.35 bits per heavy atom. The van der Waals surface area contributed by atoms with E-state index < -0.39 is 126 Å². The van der Waals surface area contributed by atoms with E-state index >= 15 is 0 Å². The van der Waals surface area contributed by atoms with Crippen LogP contribution in [0.4, 0.5) is 0 Å². The van der Waals surface area contributed by atoms with E-state index in [-0.39, 0.29) is 17.6 Å². The third-order valence-corrected chi connectivity index (χ3v) is 7.68. The monoisotopic (exact) mass is 656 g/mol. The zero-order valence-corrected chi connectivity index (χ0v) is 23.5. The Labute approximate surface area is 257 Å². The Bertz CT molecular complexity index is 1600. The average Bonchev–Trinajstić information content (AvgIpc) is 3.00. The highest BCUT2D eigenvalue weighted by Gasteiger charge is 2.51. The maximum atomic E-state index is 13.7. The molecule has 1 aromatic heterocycles. The highest BCUT2D eigenvalue weighted by molar-refractivity contribution is 5.88. The van der Waals surface area contributed by atoms with Crippen LogP contribution >= 0.6 is 0 Å². The lowest BCUT2D eigenvalue weighted by Gasteiger charge is -2.46. The molecule has 46 heavy (non-hydrogen) atoms. The average molecular weight is 657 g/mol. The first kappa shape index (κ1) is 33.4. The molecule has 0 radical (unpaired) electrons. The van der Waals surface area contributed by atoms with Crippen LogP contribution in [0.25, 0.3) is 22.3 Å². The normalized spacial score (nSPS) is 31.6. The molecule has 2 fully saturated rings. The number of fused-ring (bicyclic) bond motifs is 1. The van der Waals surface area contributed by atoms with Crippen molar-refractivity contribution in [3.63, 3.8) is 0 Å². The van der Waals surface area contributed by atoms with Crippen LogP contribution in [0.2, 0.25) is 0 Å². The van der Waals surface area contributed by atoms with Gasteiger partial charge in [0.25, 0.3) is 0 Å². The predicted octanol–water partition coefficient (Wildman–Crippen LogP) is -2.62. The molecular formula is C28H32O18. The summed E-state index contributed by atoms with van der Waals surface area (Å²) < 4.78 is 28.1. The predicted molar refractivity (Wildman–Crippen MR) is 148 cm³/mol. The zero-order valence-electron chi connectivity index (χ0n) is 23.5. The molecule has 0 saturated carbocycles. The summed E-state index contributed by atoms with van der Waals surface area (Å²) in [6.07, 6.45) is -17.8. The van der Waals surface area contributed by atoms with Gasteiger partial charge in [0, 0.05) is 24.3 Å². The minimum absolute atomic E-state index is 0.272. The number of benzene rings is 2. The molecule has 2 saturated heterocycles. The number of ether oxygens (including phenoxy) is 4. The molecule has 18 nitrogen and oxygen atoms in total. The summed E-state index contributed by atoms with van der Waals surface area (Å²) >= 11 is 0. The van der Waals surface area contributed by atoms with Gasteiger partial charge in [0.15, 0.2) is 29.3 Å². The molecule has 3 heterocycles. The summed E-state index contributed by atoms with van der Waals surface area (Å²) in [5, 5.41) is 122. The van der Waals surface area contributed by atoms with Gasteiger partial charge in [0.05, 0.1) is 12.7 Å². The molecule has 5 rings (SSSR count). The number of rotatable bonds is 8. The van der Waals surface area contributed by atoms with Crippen LogP contribution in [0, 0.1) is 0 Å². The topological polar surface area (TPSA) is 310 Å². The Balaban J connectivity index is 1.52. The Morgan fingerprint density at radius 1 is 0.717 bits per heavy atom. The highest BCUT2D eigenvalue weighted by atomic mass is 16.7. The van der Waals surface area contributed by atoms with E-state index in [1.54, 1.807) is 0 Å². The third-order valence-electron chi connectivity index (χ3n) is 7.68. The smallest absolute Gasteiger partial charge is 0.239 e. The van der Waals surface area contributed by atoms with Gasteiger partial charge in [0.2, 0.25) is 17.5 Å². The van der Waals surface area contributed by atoms with Crippen molar-refractivity contribution in [2.75, 3.05) is 13.2 Å². The zero-order chi connectivity index (χ0) is 33.6. The molecule has 2 aromatic carbocycles. The van der Waals surface area contributed by atoms with Gasteiger partial charge in [-0.1, -0.05) is 0 Å². The van der Waals surface area contributed by atoms with Gasteiger partial charge in [-0.3, -0.25) is 4.79 Å². The van der Waals surface area contributed by atoms with E-state index in [0.29, 0.717) is 0 Å². The van der Waals surface area contributed by atoms with Crippen molar-refractivity contribution < 1.29 is 84.6 Å². The summed E-state index contributed by atoms with van der Waals surface area (Å²) in [5.74, 6) is -5.20. The largest absolute Gasteiger partial charge is 0.508 e. The number of hydrogen-bond acceptors (Lipinski definition) is 18. The van der Waals surface area contributed by atoms with Crippen LogP contribution in [0.3, 0.4) is 0 Å². The van der Waals surface area contributed by atoms with E-state index in [1.165, 1.54) is 0 Å². The molecule has 3 aromatic rings. The van der Waals surface area contributed by atoms with Gasteiger partial charge in [-0.25, -0.2) is 0 Å². The molecule has 0 spiro atoms. The molecule has 0 aliphatic carbocycles. The van der Waals surface area contributed by atoms with Crippen LogP contribution in [0.15, 0.2) is 33.5 Å². The minimum atomic E-state index is -2.07. The first-order chi connectivity index (χ1) is 21.8. The van der Waals surface area contributed by atoms with Gasteiger partial charge < -0.3 is 84.6 Å². The second-order valence-corrected chi connectivity index (χ2v) is 10.7. The van der Waals surface area contributed by atoms with Gasteiger partial charge in [-0.05, 0) is 18.6 Å². The standard InChI is InChI=1S/C28H32O18/c29-2-1-13-25(45-27-22(40)20(38)18(36)15(7-30)44-27)21(39)23(41)28(43-13)46-26-19(37)16-10(32)5-9(31)6-14(16)42-24(26)8-3-11(33)17(35)12(34)4-8/h3-6,13,15,18,20-23,25,27-36,38-41H,1-2,7H2/t13-,15-,18+,20+,21-,22-,23-,25-,27+,28+/m1/s1. The van der Waals surface area contributed by atoms with Gasteiger partial charge in [-0.15, -0.1) is 0 Å². The maximum Gasteiger partial charge on any atom is 0.239 e. The number of phenolic OH excluding ortho intramolecular Hbond substituents is 5. The quantitative estimate of drug-likeness (QED) is 0.110. The maximum absolute atomic E-state index is 13.7. The summed E-state index contributed by atoms with van der Waals surface area (Å²) in [6.45, 7) is -1.36. The molecule has 18 heteroatoms. The van der Waals surface area contributed by atoms with E-state index in [9.17, 15) is 66.1 Å². The van der Waals surface area contributed by atoms with Crippen molar-refractivity contribution in [2.45, 2.75) is 67.8 Å². The molecule has 2 aliphatic heterocycles. The lowest BCUT2D eigenvalue weighted by Crippen LogP contribution is -2.64. The van der Waals surface area contributed by atoms with E-state index in [1.807, 2.05) is 0 Å². The lowest BCUT2D eigenvalue weighted by atomic mass is 9.95.